The van der Waals surface area contributed by atoms with Crippen molar-refractivity contribution in [3.05, 3.63) is 44.8 Å². The lowest BCUT2D eigenvalue weighted by atomic mass is 10.0. The van der Waals surface area contributed by atoms with E-state index < -0.39 is 11.2 Å². The Morgan fingerprint density at radius 2 is 2.25 bits per heavy atom. The Bertz CT molecular complexity index is 574. The molecule has 0 fully saturated rings. The summed E-state index contributed by atoms with van der Waals surface area (Å²) in [6.45, 7) is 0. The predicted octanol–water partition coefficient (Wildman–Crippen LogP) is 0.689. The molecule has 1 N–H and O–H groups in total. The molecule has 0 saturated carbocycles. The molecule has 1 aromatic rings. The van der Waals surface area contributed by atoms with E-state index in [0.717, 1.165) is 19.3 Å². The van der Waals surface area contributed by atoms with Gasteiger partial charge in [0.25, 0.3) is 5.56 Å². The third-order valence-corrected chi connectivity index (χ3v) is 2.72. The fraction of sp³-hybridized carbons (Fsp3) is 0.364. The first kappa shape index (κ1) is 10.4. The molecule has 0 aromatic carbocycles. The Balaban J connectivity index is 2.49. The van der Waals surface area contributed by atoms with Crippen LogP contribution in [0.2, 0.25) is 0 Å². The second-order valence-electron chi connectivity index (χ2n) is 3.76. The van der Waals surface area contributed by atoms with Gasteiger partial charge in [0, 0.05) is 12.2 Å². The van der Waals surface area contributed by atoms with E-state index in [2.05, 4.69) is 11.1 Å². The van der Waals surface area contributed by atoms with E-state index in [4.69, 9.17) is 5.26 Å². The third-order valence-electron chi connectivity index (χ3n) is 2.72. The molecular formula is C11H11N3O2. The van der Waals surface area contributed by atoms with Crippen LogP contribution in [-0.2, 0) is 0 Å². The fourth-order valence-electron chi connectivity index (χ4n) is 1.87. The van der Waals surface area contributed by atoms with Gasteiger partial charge in [0.1, 0.15) is 11.6 Å². The van der Waals surface area contributed by atoms with Crippen molar-refractivity contribution in [3.63, 3.8) is 0 Å². The third kappa shape index (κ3) is 1.82. The Hall–Kier alpha value is -2.09. The van der Waals surface area contributed by atoms with E-state index in [9.17, 15) is 9.59 Å². The van der Waals surface area contributed by atoms with Gasteiger partial charge in [-0.2, -0.15) is 5.26 Å². The van der Waals surface area contributed by atoms with Gasteiger partial charge in [0.05, 0.1) is 0 Å². The second-order valence-corrected chi connectivity index (χ2v) is 3.76. The summed E-state index contributed by atoms with van der Waals surface area (Å²) in [5, 5.41) is 8.73. The van der Waals surface area contributed by atoms with Gasteiger partial charge < -0.3 is 0 Å². The molecule has 0 aliphatic heterocycles. The number of rotatable bonds is 1. The van der Waals surface area contributed by atoms with Crippen LogP contribution in [0.3, 0.4) is 0 Å². The van der Waals surface area contributed by atoms with Gasteiger partial charge in [-0.25, -0.2) is 4.79 Å². The summed E-state index contributed by atoms with van der Waals surface area (Å²) in [7, 11) is 0. The number of aromatic amines is 1. The van der Waals surface area contributed by atoms with Crippen LogP contribution in [0.25, 0.3) is 0 Å². The molecular weight excluding hydrogens is 206 g/mol. The van der Waals surface area contributed by atoms with E-state index in [1.165, 1.54) is 10.8 Å². The minimum absolute atomic E-state index is 0.0193. The number of nitriles is 1. The first-order valence-corrected chi connectivity index (χ1v) is 5.13. The maximum Gasteiger partial charge on any atom is 0.328 e. The minimum Gasteiger partial charge on any atom is -0.296 e. The summed E-state index contributed by atoms with van der Waals surface area (Å²) in [4.78, 5) is 24.9. The zero-order valence-corrected chi connectivity index (χ0v) is 8.64. The van der Waals surface area contributed by atoms with Crippen molar-refractivity contribution in [1.29, 1.82) is 5.26 Å². The zero-order valence-electron chi connectivity index (χ0n) is 8.64. The summed E-state index contributed by atoms with van der Waals surface area (Å²) in [6.07, 6.45) is 7.96. The van der Waals surface area contributed by atoms with Crippen LogP contribution in [0.15, 0.2) is 27.9 Å². The Kier molecular flexibility index (Phi) is 2.73. The highest BCUT2D eigenvalue weighted by molar-refractivity contribution is 5.22. The van der Waals surface area contributed by atoms with Crippen LogP contribution in [0.4, 0.5) is 0 Å². The number of nitrogens with zero attached hydrogens (tertiary/aromatic N) is 2. The number of hydrogen-bond donors (Lipinski definition) is 1. The predicted molar refractivity (Wildman–Crippen MR) is 58.1 cm³/mol. The number of nitrogens with one attached hydrogen (secondary N) is 1. The molecule has 82 valence electrons. The minimum atomic E-state index is -0.616. The first-order chi connectivity index (χ1) is 7.72. The van der Waals surface area contributed by atoms with Gasteiger partial charge in [-0.1, -0.05) is 12.2 Å². The summed E-state index contributed by atoms with van der Waals surface area (Å²) < 4.78 is 1.45. The molecule has 1 unspecified atom stereocenters. The Morgan fingerprint density at radius 3 is 2.88 bits per heavy atom. The summed E-state index contributed by atoms with van der Waals surface area (Å²) in [5.74, 6) is 0. The van der Waals surface area contributed by atoms with Crippen LogP contribution >= 0.6 is 0 Å². The molecule has 0 spiro atoms. The molecule has 0 radical (unpaired) electrons. The zero-order chi connectivity index (χ0) is 11.5. The van der Waals surface area contributed by atoms with Gasteiger partial charge in [-0.15, -0.1) is 0 Å². The van der Waals surface area contributed by atoms with Crippen LogP contribution in [-0.4, -0.2) is 9.55 Å². The summed E-state index contributed by atoms with van der Waals surface area (Å²) in [6, 6.07) is 1.82. The fourth-order valence-corrected chi connectivity index (χ4v) is 1.87. The van der Waals surface area contributed by atoms with E-state index in [-0.39, 0.29) is 11.6 Å². The molecule has 16 heavy (non-hydrogen) atoms. The van der Waals surface area contributed by atoms with Gasteiger partial charge >= 0.3 is 5.69 Å². The van der Waals surface area contributed by atoms with Crippen LogP contribution in [0, 0.1) is 11.3 Å². The monoisotopic (exact) mass is 217 g/mol. The first-order valence-electron chi connectivity index (χ1n) is 5.13. The highest BCUT2D eigenvalue weighted by Gasteiger charge is 2.14. The number of hydrogen-bond acceptors (Lipinski definition) is 3. The molecule has 1 atom stereocenters. The molecule has 0 amide bonds. The number of aromatic nitrogens is 2. The molecule has 0 saturated heterocycles. The quantitative estimate of drug-likeness (QED) is 0.703. The average molecular weight is 217 g/mol. The molecule has 0 bridgehead atoms. The van der Waals surface area contributed by atoms with Crippen molar-refractivity contribution < 1.29 is 0 Å². The maximum absolute atomic E-state index is 11.6. The lowest BCUT2D eigenvalue weighted by molar-refractivity contribution is 0.439. The van der Waals surface area contributed by atoms with Crippen molar-refractivity contribution in [3.8, 4) is 6.07 Å². The van der Waals surface area contributed by atoms with E-state index >= 15 is 0 Å². The van der Waals surface area contributed by atoms with Gasteiger partial charge in [0.2, 0.25) is 0 Å². The lowest BCUT2D eigenvalue weighted by Gasteiger charge is -2.19. The molecule has 1 aromatic heterocycles. The van der Waals surface area contributed by atoms with Crippen molar-refractivity contribution in [2.75, 3.05) is 0 Å². The number of allylic oxidation sites excluding steroid dienone is 2. The molecule has 5 heteroatoms. The highest BCUT2D eigenvalue weighted by atomic mass is 16.2. The van der Waals surface area contributed by atoms with Crippen LogP contribution in [0.1, 0.15) is 30.9 Å². The number of H-pyrrole nitrogens is 1. The van der Waals surface area contributed by atoms with Crippen molar-refractivity contribution in [1.82, 2.24) is 9.55 Å². The second kappa shape index (κ2) is 4.19. The van der Waals surface area contributed by atoms with E-state index in [0.29, 0.717) is 0 Å². The SMILES string of the molecule is N#Cc1cn(C2CC=CCC2)c(=O)[nH]c1=O. The summed E-state index contributed by atoms with van der Waals surface area (Å²) >= 11 is 0. The van der Waals surface area contributed by atoms with Crippen molar-refractivity contribution in [2.45, 2.75) is 25.3 Å². The van der Waals surface area contributed by atoms with Crippen molar-refractivity contribution in [2.24, 2.45) is 0 Å². The Morgan fingerprint density at radius 1 is 1.44 bits per heavy atom. The molecule has 2 rings (SSSR count). The smallest absolute Gasteiger partial charge is 0.296 e. The molecule has 5 nitrogen and oxygen atoms in total. The van der Waals surface area contributed by atoms with Gasteiger partial charge in [-0.3, -0.25) is 14.3 Å². The lowest BCUT2D eigenvalue weighted by Crippen LogP contribution is -2.33. The maximum atomic E-state index is 11.6. The molecule has 1 aliphatic rings. The Labute approximate surface area is 91.7 Å². The average Bonchev–Trinajstić information content (AvgIpc) is 2.30. The molecule has 1 aliphatic carbocycles. The normalized spacial score (nSPS) is 19.3. The van der Waals surface area contributed by atoms with Crippen LogP contribution < -0.4 is 11.2 Å². The van der Waals surface area contributed by atoms with Crippen LogP contribution in [0.5, 0.6) is 0 Å². The molecule has 1 heterocycles. The van der Waals surface area contributed by atoms with Gasteiger partial charge in [-0.05, 0) is 19.3 Å². The van der Waals surface area contributed by atoms with E-state index in [1.807, 2.05) is 6.08 Å². The highest BCUT2D eigenvalue weighted by Crippen LogP contribution is 2.21. The van der Waals surface area contributed by atoms with E-state index in [1.54, 1.807) is 6.07 Å². The standard InChI is InChI=1S/C11H11N3O2/c12-6-8-7-14(11(16)13-10(8)15)9-4-2-1-3-5-9/h1-2,7,9H,3-5H2,(H,13,15,16). The largest absolute Gasteiger partial charge is 0.328 e. The van der Waals surface area contributed by atoms with Crippen molar-refractivity contribution >= 4 is 0 Å². The topological polar surface area (TPSA) is 78.7 Å². The van der Waals surface area contributed by atoms with Gasteiger partial charge in [0.15, 0.2) is 0 Å². The summed E-state index contributed by atoms with van der Waals surface area (Å²) in [5.41, 5.74) is -1.08.